The number of thioether (sulfide) groups is 1. The molecular weight excluding hydrogens is 130 g/mol. The van der Waals surface area contributed by atoms with Crippen LogP contribution in [0.2, 0.25) is 0 Å². The molecule has 0 saturated carbocycles. The Bertz CT molecular complexity index is 102. The molecule has 0 fully saturated rings. The number of halogens is 1. The first-order valence-electron chi connectivity index (χ1n) is 2.10. The van der Waals surface area contributed by atoms with E-state index in [4.69, 9.17) is 11.6 Å². The molecule has 0 radical (unpaired) electrons. The second-order valence-corrected chi connectivity index (χ2v) is 3.11. The van der Waals surface area contributed by atoms with Gasteiger partial charge in [0.05, 0.1) is 5.04 Å². The van der Waals surface area contributed by atoms with Gasteiger partial charge in [-0.15, -0.1) is 11.8 Å². The van der Waals surface area contributed by atoms with Crippen molar-refractivity contribution in [3.63, 3.8) is 0 Å². The molecule has 0 bridgehead atoms. The van der Waals surface area contributed by atoms with Crippen molar-refractivity contribution in [1.29, 1.82) is 0 Å². The van der Waals surface area contributed by atoms with Crippen molar-refractivity contribution in [1.82, 2.24) is 0 Å². The van der Waals surface area contributed by atoms with E-state index in [9.17, 15) is 0 Å². The lowest BCUT2D eigenvalue weighted by Crippen LogP contribution is -1.87. The van der Waals surface area contributed by atoms with Crippen LogP contribution in [-0.2, 0) is 0 Å². The van der Waals surface area contributed by atoms with Crippen LogP contribution in [-0.4, -0.2) is 16.3 Å². The van der Waals surface area contributed by atoms with Gasteiger partial charge in [-0.2, -0.15) is 0 Å². The number of alkyl halides is 1. The van der Waals surface area contributed by atoms with Crippen molar-refractivity contribution in [2.45, 2.75) is 12.4 Å². The molecule has 1 unspecified atom stereocenters. The highest BCUT2D eigenvalue weighted by atomic mass is 35.5. The van der Waals surface area contributed by atoms with Crippen molar-refractivity contribution in [2.75, 3.05) is 5.75 Å². The van der Waals surface area contributed by atoms with Gasteiger partial charge >= 0.3 is 0 Å². The maximum atomic E-state index is 5.60. The third-order valence-corrected chi connectivity index (χ3v) is 2.19. The van der Waals surface area contributed by atoms with Gasteiger partial charge < -0.3 is 0 Å². The number of nitrogens with zero attached hydrogens (tertiary/aromatic N) is 1. The zero-order valence-electron chi connectivity index (χ0n) is 4.02. The third-order valence-electron chi connectivity index (χ3n) is 0.752. The van der Waals surface area contributed by atoms with Gasteiger partial charge in [-0.05, 0) is 6.92 Å². The fraction of sp³-hybridized carbons (Fsp3) is 0.750. The summed E-state index contributed by atoms with van der Waals surface area (Å²) >= 11 is 7.32. The third kappa shape index (κ3) is 1.35. The molecule has 0 aromatic rings. The molecule has 1 atom stereocenters. The smallest absolute Gasteiger partial charge is 0.134 e. The summed E-state index contributed by atoms with van der Waals surface area (Å²) in [6, 6.07) is 0. The first kappa shape index (κ1) is 5.45. The predicted octanol–water partition coefficient (Wildman–Crippen LogP) is 1.72. The van der Waals surface area contributed by atoms with Crippen molar-refractivity contribution >= 4 is 28.4 Å². The Kier molecular flexibility index (Phi) is 1.60. The van der Waals surface area contributed by atoms with Gasteiger partial charge in [-0.1, -0.05) is 11.6 Å². The Morgan fingerprint density at radius 3 is 2.86 bits per heavy atom. The molecule has 0 aliphatic carbocycles. The van der Waals surface area contributed by atoms with Crippen LogP contribution in [0.3, 0.4) is 0 Å². The van der Waals surface area contributed by atoms with Crippen molar-refractivity contribution in [3.05, 3.63) is 0 Å². The van der Waals surface area contributed by atoms with Crippen LogP contribution in [0.15, 0.2) is 4.99 Å². The fourth-order valence-electron chi connectivity index (χ4n) is 0.461. The molecule has 1 heterocycles. The lowest BCUT2D eigenvalue weighted by molar-refractivity contribution is 1.07. The van der Waals surface area contributed by atoms with E-state index in [2.05, 4.69) is 4.99 Å². The topological polar surface area (TPSA) is 12.4 Å². The van der Waals surface area contributed by atoms with Crippen molar-refractivity contribution in [2.24, 2.45) is 4.99 Å². The lowest BCUT2D eigenvalue weighted by Gasteiger charge is -1.84. The summed E-state index contributed by atoms with van der Waals surface area (Å²) in [6.45, 7) is 1.98. The zero-order chi connectivity index (χ0) is 5.28. The molecule has 3 heteroatoms. The Labute approximate surface area is 52.1 Å². The molecule has 0 aromatic carbocycles. The summed E-state index contributed by atoms with van der Waals surface area (Å²) in [5.74, 6) is 0.952. The molecule has 1 rings (SSSR count). The summed E-state index contributed by atoms with van der Waals surface area (Å²) in [5.41, 5.74) is 0.0463. The van der Waals surface area contributed by atoms with E-state index in [1.165, 1.54) is 0 Å². The van der Waals surface area contributed by atoms with Gasteiger partial charge in [0.1, 0.15) is 5.50 Å². The fourth-order valence-corrected chi connectivity index (χ4v) is 1.51. The van der Waals surface area contributed by atoms with E-state index in [0.717, 1.165) is 10.8 Å². The average Bonchev–Trinajstić information content (AvgIpc) is 1.87. The normalized spacial score (nSPS) is 30.6. The highest BCUT2D eigenvalue weighted by Crippen LogP contribution is 2.19. The number of hydrogen-bond donors (Lipinski definition) is 0. The van der Waals surface area contributed by atoms with Crippen LogP contribution in [0.5, 0.6) is 0 Å². The molecule has 7 heavy (non-hydrogen) atoms. The van der Waals surface area contributed by atoms with E-state index < -0.39 is 0 Å². The summed E-state index contributed by atoms with van der Waals surface area (Å²) in [7, 11) is 0. The molecule has 40 valence electrons. The van der Waals surface area contributed by atoms with Gasteiger partial charge in [0, 0.05) is 5.75 Å². The second kappa shape index (κ2) is 2.05. The molecule has 1 aliphatic heterocycles. The summed E-state index contributed by atoms with van der Waals surface area (Å²) in [5, 5.41) is 1.11. The van der Waals surface area contributed by atoms with Gasteiger partial charge in [0.15, 0.2) is 0 Å². The molecule has 0 spiro atoms. The van der Waals surface area contributed by atoms with E-state index in [1.807, 2.05) is 6.92 Å². The monoisotopic (exact) mass is 135 g/mol. The van der Waals surface area contributed by atoms with E-state index in [-0.39, 0.29) is 5.50 Å². The zero-order valence-corrected chi connectivity index (χ0v) is 5.59. The van der Waals surface area contributed by atoms with E-state index in [0.29, 0.717) is 0 Å². The van der Waals surface area contributed by atoms with Crippen molar-refractivity contribution in [3.8, 4) is 0 Å². The van der Waals surface area contributed by atoms with Gasteiger partial charge in [-0.25, -0.2) is 0 Å². The SMILES string of the molecule is CC1=NC(Cl)CS1. The van der Waals surface area contributed by atoms with Crippen LogP contribution in [0.1, 0.15) is 6.92 Å². The summed E-state index contributed by atoms with van der Waals surface area (Å²) in [6.07, 6.45) is 0. The molecule has 1 aliphatic rings. The lowest BCUT2D eigenvalue weighted by atomic mass is 10.7. The average molecular weight is 136 g/mol. The first-order chi connectivity index (χ1) is 3.29. The van der Waals surface area contributed by atoms with Crippen LogP contribution in [0, 0.1) is 0 Å². The number of aliphatic imine (C=N–C) groups is 1. The highest BCUT2D eigenvalue weighted by Gasteiger charge is 2.10. The van der Waals surface area contributed by atoms with Gasteiger partial charge in [0.2, 0.25) is 0 Å². The van der Waals surface area contributed by atoms with Crippen LogP contribution in [0.4, 0.5) is 0 Å². The maximum Gasteiger partial charge on any atom is 0.134 e. The minimum absolute atomic E-state index is 0.0463. The first-order valence-corrected chi connectivity index (χ1v) is 3.52. The van der Waals surface area contributed by atoms with Crippen molar-refractivity contribution < 1.29 is 0 Å². The van der Waals surface area contributed by atoms with Crippen LogP contribution >= 0.6 is 23.4 Å². The van der Waals surface area contributed by atoms with Crippen LogP contribution in [0.25, 0.3) is 0 Å². The largest absolute Gasteiger partial charge is 0.263 e. The standard InChI is InChI=1S/C4H6ClNS/c1-3-6-4(5)2-7-3/h4H,2H2,1H3. The van der Waals surface area contributed by atoms with Crippen LogP contribution < -0.4 is 0 Å². The number of rotatable bonds is 0. The van der Waals surface area contributed by atoms with E-state index >= 15 is 0 Å². The van der Waals surface area contributed by atoms with E-state index in [1.54, 1.807) is 11.8 Å². The minimum Gasteiger partial charge on any atom is -0.263 e. The molecular formula is C4H6ClNS. The Hall–Kier alpha value is 0.310. The number of hydrogen-bond acceptors (Lipinski definition) is 2. The molecule has 1 nitrogen and oxygen atoms in total. The Morgan fingerprint density at radius 2 is 2.71 bits per heavy atom. The molecule has 0 amide bonds. The quantitative estimate of drug-likeness (QED) is 0.364. The highest BCUT2D eigenvalue weighted by molar-refractivity contribution is 8.14. The van der Waals surface area contributed by atoms with Gasteiger partial charge in [0.25, 0.3) is 0 Å². The van der Waals surface area contributed by atoms with Gasteiger partial charge in [-0.3, -0.25) is 4.99 Å². The Morgan fingerprint density at radius 1 is 2.00 bits per heavy atom. The second-order valence-electron chi connectivity index (χ2n) is 1.39. The molecule has 0 aromatic heterocycles. The summed E-state index contributed by atoms with van der Waals surface area (Å²) < 4.78 is 0. The predicted molar refractivity (Wildman–Crippen MR) is 35.2 cm³/mol. The Balaban J connectivity index is 2.50. The molecule has 0 saturated heterocycles. The maximum absolute atomic E-state index is 5.60. The minimum atomic E-state index is 0.0463. The molecule has 0 N–H and O–H groups in total. The summed E-state index contributed by atoms with van der Waals surface area (Å²) in [4.78, 5) is 4.03.